The minimum atomic E-state index is -0.657. The van der Waals surface area contributed by atoms with E-state index in [1.165, 1.54) is 0 Å². The second-order valence-electron chi connectivity index (χ2n) is 5.40. The van der Waals surface area contributed by atoms with Gasteiger partial charge in [-0.05, 0) is 25.8 Å². The van der Waals surface area contributed by atoms with Gasteiger partial charge in [0.05, 0.1) is 12.7 Å². The standard InChI is InChI=1S/C18H28FNO2/c1-5-9-17(20-13-12-19)18(3,15(2)21-4)22-14-16-10-7-6-8-11-16/h6-11,15,20H,5,12-14H2,1-4H3/b17-9+/t15-,18?/m1/s1. The maximum Gasteiger partial charge on any atom is 0.130 e. The Kier molecular flexibility index (Phi) is 8.13. The van der Waals surface area contributed by atoms with Crippen molar-refractivity contribution in [2.45, 2.75) is 45.5 Å². The summed E-state index contributed by atoms with van der Waals surface area (Å²) in [6.45, 7) is 6.32. The van der Waals surface area contributed by atoms with E-state index in [0.717, 1.165) is 17.7 Å². The molecule has 1 N–H and O–H groups in total. The monoisotopic (exact) mass is 309 g/mol. The third kappa shape index (κ3) is 5.11. The van der Waals surface area contributed by atoms with E-state index >= 15 is 0 Å². The number of ether oxygens (including phenoxy) is 2. The van der Waals surface area contributed by atoms with Gasteiger partial charge in [0.2, 0.25) is 0 Å². The Hall–Kier alpha value is -1.39. The Labute approximate surface area is 133 Å². The van der Waals surface area contributed by atoms with Gasteiger partial charge >= 0.3 is 0 Å². The first-order valence-corrected chi connectivity index (χ1v) is 7.79. The molecule has 1 rings (SSSR count). The van der Waals surface area contributed by atoms with Crippen molar-refractivity contribution in [1.82, 2.24) is 5.32 Å². The minimum absolute atomic E-state index is 0.166. The fourth-order valence-corrected chi connectivity index (χ4v) is 2.28. The molecule has 0 radical (unpaired) electrons. The molecule has 0 fully saturated rings. The van der Waals surface area contributed by atoms with E-state index in [1.807, 2.05) is 57.2 Å². The molecule has 4 heteroatoms. The van der Waals surface area contributed by atoms with Gasteiger partial charge in [0.1, 0.15) is 12.3 Å². The van der Waals surface area contributed by atoms with Gasteiger partial charge in [-0.15, -0.1) is 0 Å². The minimum Gasteiger partial charge on any atom is -0.384 e. The number of rotatable bonds is 10. The second-order valence-corrected chi connectivity index (χ2v) is 5.40. The van der Waals surface area contributed by atoms with Gasteiger partial charge in [-0.25, -0.2) is 4.39 Å². The lowest BCUT2D eigenvalue weighted by Gasteiger charge is -2.37. The van der Waals surface area contributed by atoms with E-state index in [2.05, 4.69) is 5.32 Å². The highest BCUT2D eigenvalue weighted by Gasteiger charge is 2.36. The van der Waals surface area contributed by atoms with Crippen molar-refractivity contribution in [2.75, 3.05) is 20.3 Å². The quantitative estimate of drug-likeness (QED) is 0.712. The summed E-state index contributed by atoms with van der Waals surface area (Å²) in [7, 11) is 1.66. The van der Waals surface area contributed by atoms with Gasteiger partial charge in [-0.2, -0.15) is 0 Å². The summed E-state index contributed by atoms with van der Waals surface area (Å²) in [5.41, 5.74) is 1.31. The number of allylic oxidation sites excluding steroid dienone is 1. The van der Waals surface area contributed by atoms with Crippen molar-refractivity contribution >= 4 is 0 Å². The fourth-order valence-electron chi connectivity index (χ4n) is 2.28. The Morgan fingerprint density at radius 1 is 1.36 bits per heavy atom. The first-order valence-electron chi connectivity index (χ1n) is 7.79. The molecule has 0 aliphatic heterocycles. The summed E-state index contributed by atoms with van der Waals surface area (Å²) in [6, 6.07) is 10.00. The van der Waals surface area contributed by atoms with Crippen molar-refractivity contribution in [3.05, 3.63) is 47.7 Å². The number of hydrogen-bond acceptors (Lipinski definition) is 3. The van der Waals surface area contributed by atoms with E-state index in [9.17, 15) is 4.39 Å². The smallest absolute Gasteiger partial charge is 0.130 e. The molecule has 0 aromatic heterocycles. The Morgan fingerprint density at radius 2 is 2.05 bits per heavy atom. The van der Waals surface area contributed by atoms with Gasteiger partial charge in [-0.1, -0.05) is 43.3 Å². The molecule has 0 saturated heterocycles. The van der Waals surface area contributed by atoms with Crippen LogP contribution in [0.5, 0.6) is 0 Å². The predicted molar refractivity (Wildman–Crippen MR) is 88.5 cm³/mol. The van der Waals surface area contributed by atoms with E-state index in [1.54, 1.807) is 7.11 Å². The van der Waals surface area contributed by atoms with Gasteiger partial charge in [0.15, 0.2) is 0 Å². The largest absolute Gasteiger partial charge is 0.384 e. The molecular weight excluding hydrogens is 281 g/mol. The molecule has 0 aliphatic carbocycles. The fraction of sp³-hybridized carbons (Fsp3) is 0.556. The molecule has 0 aliphatic rings. The molecule has 1 aromatic carbocycles. The second kappa shape index (κ2) is 9.59. The molecule has 3 nitrogen and oxygen atoms in total. The van der Waals surface area contributed by atoms with Crippen LogP contribution < -0.4 is 5.32 Å². The van der Waals surface area contributed by atoms with Crippen LogP contribution in [0.1, 0.15) is 32.8 Å². The van der Waals surface area contributed by atoms with Crippen molar-refractivity contribution in [2.24, 2.45) is 0 Å². The molecular formula is C18H28FNO2. The molecule has 0 heterocycles. The maximum atomic E-state index is 12.6. The summed E-state index contributed by atoms with van der Waals surface area (Å²) in [6.07, 6.45) is 2.71. The summed E-state index contributed by atoms with van der Waals surface area (Å²) in [4.78, 5) is 0. The molecule has 22 heavy (non-hydrogen) atoms. The first kappa shape index (κ1) is 18.7. The third-order valence-corrected chi connectivity index (χ3v) is 3.86. The lowest BCUT2D eigenvalue weighted by Crippen LogP contribution is -2.48. The maximum absolute atomic E-state index is 12.6. The number of alkyl halides is 1. The van der Waals surface area contributed by atoms with Crippen LogP contribution >= 0.6 is 0 Å². The van der Waals surface area contributed by atoms with Crippen molar-refractivity contribution in [3.8, 4) is 0 Å². The summed E-state index contributed by atoms with van der Waals surface area (Å²) >= 11 is 0. The van der Waals surface area contributed by atoms with E-state index in [4.69, 9.17) is 9.47 Å². The molecule has 1 unspecified atom stereocenters. The van der Waals surface area contributed by atoms with E-state index < -0.39 is 12.3 Å². The number of halogens is 1. The molecule has 124 valence electrons. The number of hydrogen-bond donors (Lipinski definition) is 1. The topological polar surface area (TPSA) is 30.5 Å². The van der Waals surface area contributed by atoms with Crippen LogP contribution in [0.25, 0.3) is 0 Å². The average Bonchev–Trinajstić information content (AvgIpc) is 2.56. The van der Waals surface area contributed by atoms with Crippen LogP contribution in [-0.4, -0.2) is 32.0 Å². The van der Waals surface area contributed by atoms with Gasteiger partial charge in [0.25, 0.3) is 0 Å². The molecule has 2 atom stereocenters. The van der Waals surface area contributed by atoms with E-state index in [0.29, 0.717) is 6.61 Å². The lowest BCUT2D eigenvalue weighted by atomic mass is 9.94. The Morgan fingerprint density at radius 3 is 2.59 bits per heavy atom. The zero-order valence-corrected chi connectivity index (χ0v) is 14.1. The Bertz CT molecular complexity index is 450. The molecule has 0 saturated carbocycles. The van der Waals surface area contributed by atoms with Crippen LogP contribution in [-0.2, 0) is 16.1 Å². The Balaban J connectivity index is 2.93. The van der Waals surface area contributed by atoms with Crippen LogP contribution in [0.3, 0.4) is 0 Å². The van der Waals surface area contributed by atoms with Crippen molar-refractivity contribution in [1.29, 1.82) is 0 Å². The molecule has 0 amide bonds. The van der Waals surface area contributed by atoms with Crippen LogP contribution in [0.2, 0.25) is 0 Å². The molecule has 0 spiro atoms. The molecule has 0 bridgehead atoms. The van der Waals surface area contributed by atoms with Gasteiger partial charge in [-0.3, -0.25) is 0 Å². The normalized spacial score (nSPS) is 16.1. The SMILES string of the molecule is CC/C=C(/NCCF)C(C)(OCc1ccccc1)[C@@H](C)OC. The van der Waals surface area contributed by atoms with Gasteiger partial charge < -0.3 is 14.8 Å². The van der Waals surface area contributed by atoms with Crippen LogP contribution in [0.4, 0.5) is 4.39 Å². The number of methoxy groups -OCH3 is 1. The number of nitrogens with one attached hydrogen (secondary N) is 1. The van der Waals surface area contributed by atoms with Crippen LogP contribution in [0.15, 0.2) is 42.1 Å². The summed E-state index contributed by atoms with van der Waals surface area (Å²) in [5.74, 6) is 0. The zero-order valence-electron chi connectivity index (χ0n) is 14.1. The van der Waals surface area contributed by atoms with Crippen molar-refractivity contribution < 1.29 is 13.9 Å². The highest BCUT2D eigenvalue weighted by molar-refractivity contribution is 5.18. The van der Waals surface area contributed by atoms with E-state index in [-0.39, 0.29) is 12.6 Å². The first-order chi connectivity index (χ1) is 10.6. The summed E-state index contributed by atoms with van der Waals surface area (Å²) in [5, 5.41) is 3.14. The van der Waals surface area contributed by atoms with Crippen LogP contribution in [0, 0.1) is 0 Å². The lowest BCUT2D eigenvalue weighted by molar-refractivity contribution is -0.106. The average molecular weight is 309 g/mol. The number of benzene rings is 1. The highest BCUT2D eigenvalue weighted by Crippen LogP contribution is 2.27. The van der Waals surface area contributed by atoms with Crippen molar-refractivity contribution in [3.63, 3.8) is 0 Å². The van der Waals surface area contributed by atoms with Gasteiger partial charge in [0, 0.05) is 19.4 Å². The highest BCUT2D eigenvalue weighted by atomic mass is 19.1. The summed E-state index contributed by atoms with van der Waals surface area (Å²) < 4.78 is 24.3. The predicted octanol–water partition coefficient (Wildman–Crippen LogP) is 3.85. The molecule has 1 aromatic rings. The zero-order chi connectivity index (χ0) is 16.4. The third-order valence-electron chi connectivity index (χ3n) is 3.86.